The van der Waals surface area contributed by atoms with Crippen LogP contribution in [0, 0.1) is 22.7 Å². The highest BCUT2D eigenvalue weighted by Gasteiger charge is 2.05. The van der Waals surface area contributed by atoms with Crippen molar-refractivity contribution in [3.05, 3.63) is 41.7 Å². The van der Waals surface area contributed by atoms with E-state index in [0.717, 1.165) is 0 Å². The van der Waals surface area contributed by atoms with Gasteiger partial charge in [-0.3, -0.25) is 0 Å². The Labute approximate surface area is 75.1 Å². The van der Waals surface area contributed by atoms with Crippen molar-refractivity contribution in [2.24, 2.45) is 0 Å². The fraction of sp³-hybridized carbons (Fsp3) is 0. The van der Waals surface area contributed by atoms with Crippen molar-refractivity contribution in [1.82, 2.24) is 4.40 Å². The van der Waals surface area contributed by atoms with Gasteiger partial charge in [-0.15, -0.1) is 0 Å². The molecule has 0 saturated carbocycles. The van der Waals surface area contributed by atoms with Gasteiger partial charge in [0.2, 0.25) is 0 Å². The van der Waals surface area contributed by atoms with Crippen molar-refractivity contribution in [3.63, 3.8) is 0 Å². The maximum atomic E-state index is 8.80. The monoisotopic (exact) mass is 167 g/mol. The van der Waals surface area contributed by atoms with E-state index < -0.39 is 0 Å². The van der Waals surface area contributed by atoms with Crippen LogP contribution in [0.5, 0.6) is 0 Å². The molecule has 2 aromatic rings. The van der Waals surface area contributed by atoms with Crippen molar-refractivity contribution in [3.8, 4) is 12.1 Å². The number of rotatable bonds is 0. The summed E-state index contributed by atoms with van der Waals surface area (Å²) in [6.07, 6.45) is 3.59. The summed E-state index contributed by atoms with van der Waals surface area (Å²) in [7, 11) is 0. The Hall–Kier alpha value is -2.26. The highest BCUT2D eigenvalue weighted by molar-refractivity contribution is 5.70. The first kappa shape index (κ1) is 7.39. The minimum atomic E-state index is 0.532. The van der Waals surface area contributed by atoms with Crippen LogP contribution in [0.2, 0.25) is 0 Å². The Morgan fingerprint density at radius 1 is 1.00 bits per heavy atom. The van der Waals surface area contributed by atoms with Gasteiger partial charge in [0, 0.05) is 12.4 Å². The molecule has 0 bridgehead atoms. The van der Waals surface area contributed by atoms with Crippen molar-refractivity contribution in [1.29, 1.82) is 10.5 Å². The maximum absolute atomic E-state index is 8.80. The van der Waals surface area contributed by atoms with E-state index in [9.17, 15) is 0 Å². The molecular weight excluding hydrogens is 162 g/mol. The molecule has 0 aliphatic heterocycles. The second-order valence-electron chi connectivity index (χ2n) is 2.63. The van der Waals surface area contributed by atoms with Crippen LogP contribution in [0.1, 0.15) is 11.1 Å². The van der Waals surface area contributed by atoms with E-state index in [1.54, 1.807) is 28.8 Å². The predicted molar refractivity (Wildman–Crippen MR) is 46.8 cm³/mol. The molecule has 3 nitrogen and oxygen atoms in total. The van der Waals surface area contributed by atoms with Crippen LogP contribution < -0.4 is 0 Å². The summed E-state index contributed by atoms with van der Waals surface area (Å²) in [5.41, 5.74) is 1.76. The predicted octanol–water partition coefficient (Wildman–Crippen LogP) is 1.68. The lowest BCUT2D eigenvalue weighted by molar-refractivity contribution is 1.19. The second-order valence-corrected chi connectivity index (χ2v) is 2.63. The zero-order chi connectivity index (χ0) is 9.26. The fourth-order valence-corrected chi connectivity index (χ4v) is 1.35. The Kier molecular flexibility index (Phi) is 1.51. The molecule has 0 unspecified atom stereocenters. The molecule has 60 valence electrons. The minimum absolute atomic E-state index is 0.532. The molecule has 0 amide bonds. The molecule has 0 N–H and O–H groups in total. The van der Waals surface area contributed by atoms with Gasteiger partial charge in [0.15, 0.2) is 0 Å². The number of aromatic nitrogens is 1. The largest absolute Gasteiger partial charge is 0.321 e. The van der Waals surface area contributed by atoms with E-state index in [2.05, 4.69) is 12.1 Å². The SMILES string of the molecule is N#Cc1cccn2ccc(C#N)c12. The number of nitrogens with zero attached hydrogens (tertiary/aromatic N) is 3. The standard InChI is InChI=1S/C10H5N3/c11-6-8-2-1-4-13-5-3-9(7-12)10(8)13/h1-5H. The maximum Gasteiger partial charge on any atom is 0.101 e. The zero-order valence-corrected chi connectivity index (χ0v) is 6.73. The van der Waals surface area contributed by atoms with Crippen molar-refractivity contribution >= 4 is 5.52 Å². The van der Waals surface area contributed by atoms with Crippen LogP contribution in [0.3, 0.4) is 0 Å². The average molecular weight is 167 g/mol. The summed E-state index contributed by atoms with van der Waals surface area (Å²) in [5.74, 6) is 0. The van der Waals surface area contributed by atoms with E-state index in [0.29, 0.717) is 16.6 Å². The molecule has 13 heavy (non-hydrogen) atoms. The number of hydrogen-bond acceptors (Lipinski definition) is 2. The number of hydrogen-bond donors (Lipinski definition) is 0. The lowest BCUT2D eigenvalue weighted by atomic mass is 10.2. The summed E-state index contributed by atoms with van der Waals surface area (Å²) in [6.45, 7) is 0. The molecule has 0 fully saturated rings. The van der Waals surface area contributed by atoms with E-state index >= 15 is 0 Å². The first-order valence-corrected chi connectivity index (χ1v) is 3.76. The Balaban J connectivity index is 2.96. The highest BCUT2D eigenvalue weighted by atomic mass is 14.9. The summed E-state index contributed by atoms with van der Waals surface area (Å²) < 4.78 is 1.77. The normalized spacial score (nSPS) is 9.38. The van der Waals surface area contributed by atoms with E-state index in [1.807, 2.05) is 6.20 Å². The van der Waals surface area contributed by atoms with Crippen LogP contribution in [0.4, 0.5) is 0 Å². The molecule has 0 aliphatic carbocycles. The average Bonchev–Trinajstić information content (AvgIpc) is 2.60. The third kappa shape index (κ3) is 0.953. The molecule has 2 rings (SSSR count). The highest BCUT2D eigenvalue weighted by Crippen LogP contribution is 2.15. The minimum Gasteiger partial charge on any atom is -0.321 e. The summed E-state index contributed by atoms with van der Waals surface area (Å²) in [6, 6.07) is 9.31. The van der Waals surface area contributed by atoms with E-state index in [4.69, 9.17) is 10.5 Å². The third-order valence-corrected chi connectivity index (χ3v) is 1.92. The van der Waals surface area contributed by atoms with E-state index in [-0.39, 0.29) is 0 Å². The van der Waals surface area contributed by atoms with Crippen LogP contribution in [0.25, 0.3) is 5.52 Å². The molecule has 2 aromatic heterocycles. The van der Waals surface area contributed by atoms with Gasteiger partial charge in [-0.1, -0.05) is 0 Å². The lowest BCUT2D eigenvalue weighted by Gasteiger charge is -1.95. The smallest absolute Gasteiger partial charge is 0.101 e. The van der Waals surface area contributed by atoms with Gasteiger partial charge in [-0.2, -0.15) is 10.5 Å². The van der Waals surface area contributed by atoms with Gasteiger partial charge < -0.3 is 4.40 Å². The molecule has 0 aliphatic rings. The van der Waals surface area contributed by atoms with Gasteiger partial charge in [-0.05, 0) is 18.2 Å². The number of nitriles is 2. The topological polar surface area (TPSA) is 52.0 Å². The van der Waals surface area contributed by atoms with Crippen LogP contribution in [-0.2, 0) is 0 Å². The fourth-order valence-electron chi connectivity index (χ4n) is 1.35. The number of fused-ring (bicyclic) bond motifs is 1. The molecule has 0 saturated heterocycles. The summed E-state index contributed by atoms with van der Waals surface area (Å²) >= 11 is 0. The van der Waals surface area contributed by atoms with Crippen LogP contribution in [-0.4, -0.2) is 4.40 Å². The summed E-state index contributed by atoms with van der Waals surface area (Å²) in [4.78, 5) is 0. The Bertz CT molecular complexity index is 537. The third-order valence-electron chi connectivity index (χ3n) is 1.92. The van der Waals surface area contributed by atoms with Gasteiger partial charge in [0.25, 0.3) is 0 Å². The van der Waals surface area contributed by atoms with Gasteiger partial charge >= 0.3 is 0 Å². The van der Waals surface area contributed by atoms with Crippen molar-refractivity contribution < 1.29 is 0 Å². The molecule has 0 spiro atoms. The zero-order valence-electron chi connectivity index (χ0n) is 6.73. The van der Waals surface area contributed by atoms with Crippen molar-refractivity contribution in [2.75, 3.05) is 0 Å². The van der Waals surface area contributed by atoms with Gasteiger partial charge in [0.05, 0.1) is 16.6 Å². The molecule has 0 aromatic carbocycles. The molecule has 0 atom stereocenters. The Morgan fingerprint density at radius 3 is 2.38 bits per heavy atom. The van der Waals surface area contributed by atoms with Crippen molar-refractivity contribution in [2.45, 2.75) is 0 Å². The van der Waals surface area contributed by atoms with E-state index in [1.165, 1.54) is 0 Å². The first-order valence-electron chi connectivity index (χ1n) is 3.76. The first-order chi connectivity index (χ1) is 6.36. The Morgan fingerprint density at radius 2 is 1.69 bits per heavy atom. The summed E-state index contributed by atoms with van der Waals surface area (Å²) in [5, 5.41) is 17.6. The molecule has 3 heteroatoms. The molecule has 2 heterocycles. The lowest BCUT2D eigenvalue weighted by Crippen LogP contribution is -1.86. The molecular formula is C10H5N3. The van der Waals surface area contributed by atoms with Gasteiger partial charge in [-0.25, -0.2) is 0 Å². The molecule has 0 radical (unpaired) electrons. The van der Waals surface area contributed by atoms with Crippen LogP contribution in [0.15, 0.2) is 30.6 Å². The van der Waals surface area contributed by atoms with Crippen LogP contribution >= 0.6 is 0 Å². The number of pyridine rings is 1. The van der Waals surface area contributed by atoms with Gasteiger partial charge in [0.1, 0.15) is 12.1 Å². The quantitative estimate of drug-likeness (QED) is 0.599. The second kappa shape index (κ2) is 2.66.